The molecule has 90 valence electrons. The van der Waals surface area contributed by atoms with Crippen molar-refractivity contribution in [3.63, 3.8) is 0 Å². The summed E-state index contributed by atoms with van der Waals surface area (Å²) in [4.78, 5) is 22.3. The van der Waals surface area contributed by atoms with E-state index >= 15 is 0 Å². The van der Waals surface area contributed by atoms with Crippen molar-refractivity contribution >= 4 is 11.6 Å². The van der Waals surface area contributed by atoms with E-state index in [9.17, 15) is 4.79 Å². The molecule has 1 aromatic carbocycles. The second-order valence-electron chi connectivity index (χ2n) is 4.45. The molecule has 0 spiro atoms. The van der Waals surface area contributed by atoms with Crippen LogP contribution in [0.15, 0.2) is 42.9 Å². The quantitative estimate of drug-likeness (QED) is 0.765. The van der Waals surface area contributed by atoms with Crippen LogP contribution in [0.25, 0.3) is 0 Å². The highest BCUT2D eigenvalue weighted by Crippen LogP contribution is 2.32. The fourth-order valence-corrected chi connectivity index (χ4v) is 2.41. The molecule has 1 aromatic heterocycles. The van der Waals surface area contributed by atoms with Gasteiger partial charge in [0.25, 0.3) is 5.91 Å². The molecule has 2 heterocycles. The molecule has 1 aliphatic heterocycles. The second kappa shape index (κ2) is 4.22. The molecule has 0 saturated heterocycles. The maximum absolute atomic E-state index is 12.4. The van der Waals surface area contributed by atoms with Crippen molar-refractivity contribution in [2.75, 3.05) is 4.90 Å². The number of carbonyl (C=O) groups is 1. The van der Waals surface area contributed by atoms with Gasteiger partial charge >= 0.3 is 0 Å². The van der Waals surface area contributed by atoms with Crippen molar-refractivity contribution in [2.24, 2.45) is 0 Å². The minimum atomic E-state index is -0.0828. The number of rotatable bonds is 1. The Kier molecular flexibility index (Phi) is 2.55. The number of hydrogen-bond acceptors (Lipinski definition) is 3. The zero-order valence-corrected chi connectivity index (χ0v) is 10.1. The van der Waals surface area contributed by atoms with E-state index < -0.39 is 0 Å². The van der Waals surface area contributed by atoms with Gasteiger partial charge in [-0.15, -0.1) is 0 Å². The van der Waals surface area contributed by atoms with E-state index in [-0.39, 0.29) is 11.9 Å². The van der Waals surface area contributed by atoms with Crippen LogP contribution in [0.3, 0.4) is 0 Å². The zero-order valence-electron chi connectivity index (χ0n) is 10.1. The summed E-state index contributed by atoms with van der Waals surface area (Å²) in [7, 11) is 0. The van der Waals surface area contributed by atoms with Gasteiger partial charge in [0.05, 0.1) is 6.20 Å². The SMILES string of the molecule is C[C@H]1Cc2ccccc2N1C(=O)c1cnccn1. The van der Waals surface area contributed by atoms with Crippen LogP contribution in [-0.2, 0) is 6.42 Å². The first-order valence-electron chi connectivity index (χ1n) is 5.95. The van der Waals surface area contributed by atoms with Gasteiger partial charge in [0.2, 0.25) is 0 Å². The van der Waals surface area contributed by atoms with Crippen LogP contribution in [-0.4, -0.2) is 21.9 Å². The maximum atomic E-state index is 12.4. The molecule has 0 radical (unpaired) electrons. The van der Waals surface area contributed by atoms with E-state index in [0.717, 1.165) is 12.1 Å². The van der Waals surface area contributed by atoms with Crippen LogP contribution in [0.5, 0.6) is 0 Å². The van der Waals surface area contributed by atoms with E-state index in [2.05, 4.69) is 16.0 Å². The Balaban J connectivity index is 2.00. The first kappa shape index (κ1) is 10.9. The molecule has 0 unspecified atom stereocenters. The smallest absolute Gasteiger partial charge is 0.278 e. The first-order chi connectivity index (χ1) is 8.77. The number of benzene rings is 1. The number of anilines is 1. The van der Waals surface area contributed by atoms with Crippen LogP contribution in [0, 0.1) is 0 Å². The third-order valence-corrected chi connectivity index (χ3v) is 3.21. The van der Waals surface area contributed by atoms with Crippen LogP contribution in [0.2, 0.25) is 0 Å². The van der Waals surface area contributed by atoms with Gasteiger partial charge in [-0.1, -0.05) is 18.2 Å². The van der Waals surface area contributed by atoms with Crippen molar-refractivity contribution in [3.05, 3.63) is 54.1 Å². The third kappa shape index (κ3) is 1.66. The summed E-state index contributed by atoms with van der Waals surface area (Å²) < 4.78 is 0. The summed E-state index contributed by atoms with van der Waals surface area (Å²) in [6, 6.07) is 8.16. The van der Waals surface area contributed by atoms with Crippen molar-refractivity contribution in [1.29, 1.82) is 0 Å². The predicted octanol–water partition coefficient (Wildman–Crippen LogP) is 2.07. The second-order valence-corrected chi connectivity index (χ2v) is 4.45. The van der Waals surface area contributed by atoms with Gasteiger partial charge in [0, 0.05) is 24.1 Å². The maximum Gasteiger partial charge on any atom is 0.278 e. The Morgan fingerprint density at radius 1 is 1.33 bits per heavy atom. The Bertz CT molecular complexity index is 583. The molecule has 0 saturated carbocycles. The van der Waals surface area contributed by atoms with Crippen molar-refractivity contribution in [2.45, 2.75) is 19.4 Å². The van der Waals surface area contributed by atoms with Crippen molar-refractivity contribution < 1.29 is 4.79 Å². The highest BCUT2D eigenvalue weighted by atomic mass is 16.2. The Labute approximate surface area is 105 Å². The number of carbonyl (C=O) groups excluding carboxylic acids is 1. The molecule has 2 aromatic rings. The molecule has 1 amide bonds. The lowest BCUT2D eigenvalue weighted by Crippen LogP contribution is -2.36. The van der Waals surface area contributed by atoms with E-state index in [1.807, 2.05) is 25.1 Å². The molecule has 0 bridgehead atoms. The summed E-state index contributed by atoms with van der Waals surface area (Å²) in [5, 5.41) is 0. The minimum absolute atomic E-state index is 0.0828. The lowest BCUT2D eigenvalue weighted by atomic mass is 10.1. The summed E-state index contributed by atoms with van der Waals surface area (Å²) >= 11 is 0. The summed E-state index contributed by atoms with van der Waals surface area (Å²) in [5.41, 5.74) is 2.59. The van der Waals surface area contributed by atoms with Crippen molar-refractivity contribution in [1.82, 2.24) is 9.97 Å². The number of para-hydroxylation sites is 1. The third-order valence-electron chi connectivity index (χ3n) is 3.21. The average molecular weight is 239 g/mol. The highest BCUT2D eigenvalue weighted by molar-refractivity contribution is 6.06. The summed E-state index contributed by atoms with van der Waals surface area (Å²) in [5.74, 6) is -0.0828. The molecule has 4 heteroatoms. The molecule has 18 heavy (non-hydrogen) atoms. The number of hydrogen-bond donors (Lipinski definition) is 0. The zero-order chi connectivity index (χ0) is 12.5. The van der Waals surface area contributed by atoms with Crippen molar-refractivity contribution in [3.8, 4) is 0 Å². The normalized spacial score (nSPS) is 17.6. The van der Waals surface area contributed by atoms with Gasteiger partial charge in [0.15, 0.2) is 0 Å². The largest absolute Gasteiger partial charge is 0.304 e. The molecule has 3 rings (SSSR count). The lowest BCUT2D eigenvalue weighted by molar-refractivity contribution is 0.0976. The summed E-state index contributed by atoms with van der Waals surface area (Å²) in [6.45, 7) is 2.05. The Morgan fingerprint density at radius 3 is 2.94 bits per heavy atom. The van der Waals surface area contributed by atoms with Gasteiger partial charge < -0.3 is 4.90 Å². The minimum Gasteiger partial charge on any atom is -0.304 e. The van der Waals surface area contributed by atoms with E-state index in [1.54, 1.807) is 17.3 Å². The fourth-order valence-electron chi connectivity index (χ4n) is 2.41. The van der Waals surface area contributed by atoms with E-state index in [4.69, 9.17) is 0 Å². The van der Waals surface area contributed by atoms with Gasteiger partial charge in [-0.05, 0) is 25.0 Å². The number of amides is 1. The first-order valence-corrected chi connectivity index (χ1v) is 5.95. The predicted molar refractivity (Wildman–Crippen MR) is 68.4 cm³/mol. The molecular weight excluding hydrogens is 226 g/mol. The highest BCUT2D eigenvalue weighted by Gasteiger charge is 2.31. The number of fused-ring (bicyclic) bond motifs is 1. The monoisotopic (exact) mass is 239 g/mol. The number of nitrogens with zero attached hydrogens (tertiary/aromatic N) is 3. The lowest BCUT2D eigenvalue weighted by Gasteiger charge is -2.21. The molecule has 1 atom stereocenters. The molecule has 1 aliphatic rings. The Hall–Kier alpha value is -2.23. The standard InChI is InChI=1S/C14H13N3O/c1-10-8-11-4-2-3-5-13(11)17(10)14(18)12-9-15-6-7-16-12/h2-7,9-10H,8H2,1H3/t10-/m0/s1. The molecule has 0 aliphatic carbocycles. The van der Waals surface area contributed by atoms with Gasteiger partial charge in [-0.3, -0.25) is 9.78 Å². The Morgan fingerprint density at radius 2 is 2.17 bits per heavy atom. The van der Waals surface area contributed by atoms with Gasteiger partial charge in [0.1, 0.15) is 5.69 Å². The van der Waals surface area contributed by atoms with Crippen LogP contribution in [0.1, 0.15) is 23.0 Å². The summed E-state index contributed by atoms with van der Waals surface area (Å²) in [6.07, 6.45) is 5.51. The van der Waals surface area contributed by atoms with Crippen LogP contribution >= 0.6 is 0 Å². The van der Waals surface area contributed by atoms with Gasteiger partial charge in [-0.2, -0.15) is 0 Å². The average Bonchev–Trinajstić information content (AvgIpc) is 2.75. The molecular formula is C14H13N3O. The molecule has 0 fully saturated rings. The van der Waals surface area contributed by atoms with Gasteiger partial charge in [-0.25, -0.2) is 4.98 Å². The topological polar surface area (TPSA) is 46.1 Å². The number of aromatic nitrogens is 2. The van der Waals surface area contributed by atoms with E-state index in [1.165, 1.54) is 11.8 Å². The fraction of sp³-hybridized carbons (Fsp3) is 0.214. The van der Waals surface area contributed by atoms with E-state index in [0.29, 0.717) is 5.69 Å². The van der Waals surface area contributed by atoms with Crippen LogP contribution < -0.4 is 4.90 Å². The van der Waals surface area contributed by atoms with Crippen LogP contribution in [0.4, 0.5) is 5.69 Å². The molecule has 4 nitrogen and oxygen atoms in total. The molecule has 0 N–H and O–H groups in total.